The van der Waals surface area contributed by atoms with Crippen LogP contribution in [0.5, 0.6) is 0 Å². The van der Waals surface area contributed by atoms with Crippen molar-refractivity contribution in [2.45, 2.75) is 69.4 Å². The first-order valence-corrected chi connectivity index (χ1v) is 8.79. The van der Waals surface area contributed by atoms with Crippen molar-refractivity contribution in [3.8, 4) is 0 Å². The molecular weight excluding hydrogens is 286 g/mol. The zero-order valence-corrected chi connectivity index (χ0v) is 14.2. The number of rotatable bonds is 4. The van der Waals surface area contributed by atoms with Gasteiger partial charge in [0.15, 0.2) is 0 Å². The number of hydrogen-bond acceptors (Lipinski definition) is 3. The van der Waals surface area contributed by atoms with Crippen molar-refractivity contribution < 1.29 is 13.5 Å². The zero-order chi connectivity index (χ0) is 16.1. The fourth-order valence-electron chi connectivity index (χ4n) is 2.39. The Bertz CT molecular complexity index is 632. The van der Waals surface area contributed by atoms with Gasteiger partial charge in [0.2, 0.25) is 10.0 Å². The molecule has 5 heteroatoms. The first-order chi connectivity index (χ1) is 9.40. The van der Waals surface area contributed by atoms with Gasteiger partial charge in [0.25, 0.3) is 0 Å². The molecule has 2 rings (SSSR count). The minimum Gasteiger partial charge on any atom is -0.386 e. The van der Waals surface area contributed by atoms with Gasteiger partial charge in [-0.1, -0.05) is 12.1 Å². The van der Waals surface area contributed by atoms with Gasteiger partial charge in [-0.2, -0.15) is 0 Å². The van der Waals surface area contributed by atoms with Crippen LogP contribution in [0.3, 0.4) is 0 Å². The lowest BCUT2D eigenvalue weighted by atomic mass is 9.95. The maximum absolute atomic E-state index is 12.6. The molecule has 0 radical (unpaired) electrons. The van der Waals surface area contributed by atoms with Gasteiger partial charge in [-0.25, -0.2) is 13.1 Å². The molecule has 4 nitrogen and oxygen atoms in total. The van der Waals surface area contributed by atoms with Crippen molar-refractivity contribution in [3.05, 3.63) is 29.3 Å². The second-order valence-electron chi connectivity index (χ2n) is 7.44. The molecule has 0 heterocycles. The molecular formula is C16H25NO3S. The van der Waals surface area contributed by atoms with Gasteiger partial charge in [0, 0.05) is 11.1 Å². The SMILES string of the molecule is CC(C)(C)NS(=O)(=O)c1ccc(C2CC2)cc1C(C)(C)O. The Morgan fingerprint density at radius 3 is 2.14 bits per heavy atom. The van der Waals surface area contributed by atoms with E-state index in [4.69, 9.17) is 0 Å². The monoisotopic (exact) mass is 311 g/mol. The summed E-state index contributed by atoms with van der Waals surface area (Å²) in [6.07, 6.45) is 2.27. The van der Waals surface area contributed by atoms with Crippen LogP contribution in [0.4, 0.5) is 0 Å². The van der Waals surface area contributed by atoms with Crippen LogP contribution in [0.25, 0.3) is 0 Å². The van der Waals surface area contributed by atoms with E-state index in [0.29, 0.717) is 11.5 Å². The third-order valence-electron chi connectivity index (χ3n) is 3.44. The first-order valence-electron chi connectivity index (χ1n) is 7.31. The average Bonchev–Trinajstić information content (AvgIpc) is 3.07. The summed E-state index contributed by atoms with van der Waals surface area (Å²) in [6, 6.07) is 5.33. The quantitative estimate of drug-likeness (QED) is 0.898. The van der Waals surface area contributed by atoms with Gasteiger partial charge in [-0.15, -0.1) is 0 Å². The van der Waals surface area contributed by atoms with Gasteiger partial charge in [-0.05, 0) is 65.0 Å². The van der Waals surface area contributed by atoms with Crippen LogP contribution >= 0.6 is 0 Å². The van der Waals surface area contributed by atoms with Crippen molar-refractivity contribution in [1.29, 1.82) is 0 Å². The predicted octanol–water partition coefficient (Wildman–Crippen LogP) is 2.87. The molecule has 1 fully saturated rings. The van der Waals surface area contributed by atoms with Crippen molar-refractivity contribution in [1.82, 2.24) is 4.72 Å². The van der Waals surface area contributed by atoms with Gasteiger partial charge in [0.05, 0.1) is 10.5 Å². The first kappa shape index (κ1) is 16.5. The van der Waals surface area contributed by atoms with E-state index in [2.05, 4.69) is 4.72 Å². The molecule has 1 saturated carbocycles. The highest BCUT2D eigenvalue weighted by atomic mass is 32.2. The minimum absolute atomic E-state index is 0.161. The summed E-state index contributed by atoms with van der Waals surface area (Å²) >= 11 is 0. The van der Waals surface area contributed by atoms with E-state index < -0.39 is 21.2 Å². The van der Waals surface area contributed by atoms with Crippen molar-refractivity contribution in [2.24, 2.45) is 0 Å². The van der Waals surface area contributed by atoms with E-state index in [9.17, 15) is 13.5 Å². The molecule has 0 atom stereocenters. The third-order valence-corrected chi connectivity index (χ3v) is 5.26. The van der Waals surface area contributed by atoms with E-state index in [1.54, 1.807) is 40.7 Å². The zero-order valence-electron chi connectivity index (χ0n) is 13.4. The standard InChI is InChI=1S/C16H25NO3S/c1-15(2,3)17-21(19,20)14-9-8-12(11-6-7-11)10-13(14)16(4,5)18/h8-11,17-18H,6-7H2,1-5H3. The Labute approximate surface area is 127 Å². The second-order valence-corrected chi connectivity index (χ2v) is 9.10. The lowest BCUT2D eigenvalue weighted by molar-refractivity contribution is 0.0754. The van der Waals surface area contributed by atoms with Crippen LogP contribution in [0.1, 0.15) is 64.5 Å². The summed E-state index contributed by atoms with van der Waals surface area (Å²) in [5, 5.41) is 10.4. The predicted molar refractivity (Wildman–Crippen MR) is 83.7 cm³/mol. The fraction of sp³-hybridized carbons (Fsp3) is 0.625. The Morgan fingerprint density at radius 1 is 1.14 bits per heavy atom. The Hall–Kier alpha value is -0.910. The van der Waals surface area contributed by atoms with Gasteiger partial charge < -0.3 is 5.11 Å². The average molecular weight is 311 g/mol. The smallest absolute Gasteiger partial charge is 0.241 e. The Kier molecular flexibility index (Phi) is 3.98. The van der Waals surface area contributed by atoms with Crippen LogP contribution in [0.15, 0.2) is 23.1 Å². The van der Waals surface area contributed by atoms with Crippen molar-refractivity contribution in [3.63, 3.8) is 0 Å². The largest absolute Gasteiger partial charge is 0.386 e. The number of benzene rings is 1. The topological polar surface area (TPSA) is 66.4 Å². The molecule has 0 amide bonds. The highest BCUT2D eigenvalue weighted by molar-refractivity contribution is 7.89. The normalized spacial score (nSPS) is 17.0. The van der Waals surface area contributed by atoms with Gasteiger partial charge >= 0.3 is 0 Å². The fourth-order valence-corrected chi connectivity index (χ4v) is 4.15. The number of sulfonamides is 1. The summed E-state index contributed by atoms with van der Waals surface area (Å²) < 4.78 is 27.8. The lowest BCUT2D eigenvalue weighted by Gasteiger charge is -2.26. The molecule has 1 aliphatic rings. The van der Waals surface area contributed by atoms with Gasteiger partial charge in [-0.3, -0.25) is 0 Å². The molecule has 0 spiro atoms. The van der Waals surface area contributed by atoms with Crippen molar-refractivity contribution >= 4 is 10.0 Å². The Morgan fingerprint density at radius 2 is 1.71 bits per heavy atom. The van der Waals surface area contributed by atoms with Crippen LogP contribution in [0, 0.1) is 0 Å². The highest BCUT2D eigenvalue weighted by Crippen LogP contribution is 2.42. The number of aliphatic hydroxyl groups is 1. The maximum Gasteiger partial charge on any atom is 0.241 e. The van der Waals surface area contributed by atoms with Crippen LogP contribution in [0.2, 0.25) is 0 Å². The number of nitrogens with one attached hydrogen (secondary N) is 1. The Balaban J connectivity index is 2.52. The summed E-state index contributed by atoms with van der Waals surface area (Å²) in [4.78, 5) is 0.161. The summed E-state index contributed by atoms with van der Waals surface area (Å²) in [6.45, 7) is 8.64. The minimum atomic E-state index is -3.66. The molecule has 1 aromatic rings. The summed E-state index contributed by atoms with van der Waals surface area (Å²) in [7, 11) is -3.66. The number of hydrogen-bond donors (Lipinski definition) is 2. The van der Waals surface area contributed by atoms with E-state index in [1.165, 1.54) is 0 Å². The summed E-state index contributed by atoms with van der Waals surface area (Å²) in [5.74, 6) is 0.512. The molecule has 1 aliphatic carbocycles. The van der Waals surface area contributed by atoms with Crippen molar-refractivity contribution in [2.75, 3.05) is 0 Å². The third kappa shape index (κ3) is 4.05. The van der Waals surface area contributed by atoms with E-state index in [1.807, 2.05) is 12.1 Å². The molecule has 118 valence electrons. The maximum atomic E-state index is 12.6. The van der Waals surface area contributed by atoms with E-state index in [-0.39, 0.29) is 4.90 Å². The second kappa shape index (κ2) is 5.07. The lowest BCUT2D eigenvalue weighted by Crippen LogP contribution is -2.41. The van der Waals surface area contributed by atoms with E-state index >= 15 is 0 Å². The molecule has 0 bridgehead atoms. The van der Waals surface area contributed by atoms with Crippen LogP contribution in [-0.2, 0) is 15.6 Å². The molecule has 0 aromatic heterocycles. The summed E-state index contributed by atoms with van der Waals surface area (Å²) in [5.41, 5.74) is -0.192. The van der Waals surface area contributed by atoms with E-state index in [0.717, 1.165) is 18.4 Å². The molecule has 0 unspecified atom stereocenters. The molecule has 0 aliphatic heterocycles. The van der Waals surface area contributed by atoms with Crippen LogP contribution < -0.4 is 4.72 Å². The molecule has 21 heavy (non-hydrogen) atoms. The highest BCUT2D eigenvalue weighted by Gasteiger charge is 2.32. The molecule has 1 aromatic carbocycles. The molecule has 0 saturated heterocycles. The van der Waals surface area contributed by atoms with Crippen LogP contribution in [-0.4, -0.2) is 19.1 Å². The van der Waals surface area contributed by atoms with Gasteiger partial charge in [0.1, 0.15) is 0 Å². The molecule has 2 N–H and O–H groups in total.